The van der Waals surface area contributed by atoms with Crippen molar-refractivity contribution in [2.45, 2.75) is 49.2 Å². The SMILES string of the molecule is CC1CN(c2ccc(Nc3ncc(C(F)(F)F)c(-c4cc5c(s4)OCCCS5(=O)=O)n3)c(C3CC3)c2)CCN1. The lowest BCUT2D eigenvalue weighted by Crippen LogP contribution is -2.49. The van der Waals surface area contributed by atoms with Crippen LogP contribution in [0.25, 0.3) is 10.6 Å². The summed E-state index contributed by atoms with van der Waals surface area (Å²) in [4.78, 5) is 10.6. The van der Waals surface area contributed by atoms with Gasteiger partial charge in [0.1, 0.15) is 10.5 Å². The fourth-order valence-corrected chi connectivity index (χ4v) is 7.87. The third-order valence-electron chi connectivity index (χ3n) is 7.15. The normalized spacial score (nSPS) is 21.1. The molecule has 4 heterocycles. The number of hydrogen-bond donors (Lipinski definition) is 2. The first-order chi connectivity index (χ1) is 18.6. The highest BCUT2D eigenvalue weighted by Crippen LogP contribution is 2.47. The molecule has 1 saturated carbocycles. The molecule has 1 unspecified atom stereocenters. The topological polar surface area (TPSA) is 96.5 Å². The van der Waals surface area contributed by atoms with Gasteiger partial charge in [0.25, 0.3) is 0 Å². The van der Waals surface area contributed by atoms with Crippen molar-refractivity contribution in [2.75, 3.05) is 42.2 Å². The van der Waals surface area contributed by atoms with Crippen molar-refractivity contribution in [3.05, 3.63) is 41.6 Å². The molecule has 1 atom stereocenters. The lowest BCUT2D eigenvalue weighted by Gasteiger charge is -2.34. The molecule has 2 fully saturated rings. The minimum Gasteiger partial charge on any atom is -0.483 e. The summed E-state index contributed by atoms with van der Waals surface area (Å²) in [6.45, 7) is 5.03. The number of benzene rings is 1. The zero-order chi connectivity index (χ0) is 27.4. The highest BCUT2D eigenvalue weighted by molar-refractivity contribution is 7.91. The van der Waals surface area contributed by atoms with E-state index in [0.29, 0.717) is 18.4 Å². The minimum absolute atomic E-state index is 0.0100. The van der Waals surface area contributed by atoms with E-state index < -0.39 is 21.6 Å². The molecule has 3 aliphatic rings. The predicted molar refractivity (Wildman–Crippen MR) is 144 cm³/mol. The van der Waals surface area contributed by atoms with Crippen LogP contribution in [0.3, 0.4) is 0 Å². The summed E-state index contributed by atoms with van der Waals surface area (Å²) in [6, 6.07) is 7.72. The Morgan fingerprint density at radius 2 is 2.05 bits per heavy atom. The van der Waals surface area contributed by atoms with Gasteiger partial charge in [-0.05, 0) is 61.9 Å². The summed E-state index contributed by atoms with van der Waals surface area (Å²) >= 11 is 0.855. The van der Waals surface area contributed by atoms with Gasteiger partial charge in [-0.25, -0.2) is 18.4 Å². The van der Waals surface area contributed by atoms with Crippen LogP contribution in [-0.4, -0.2) is 56.4 Å². The van der Waals surface area contributed by atoms with Crippen LogP contribution < -0.4 is 20.3 Å². The van der Waals surface area contributed by atoms with Crippen LogP contribution in [0.1, 0.15) is 43.2 Å². The number of alkyl halides is 3. The molecule has 8 nitrogen and oxygen atoms in total. The van der Waals surface area contributed by atoms with E-state index in [1.807, 2.05) is 12.1 Å². The van der Waals surface area contributed by atoms with Crippen LogP contribution in [0.4, 0.5) is 30.5 Å². The number of piperazine rings is 1. The van der Waals surface area contributed by atoms with E-state index in [-0.39, 0.29) is 38.8 Å². The van der Waals surface area contributed by atoms with Crippen LogP contribution in [0.15, 0.2) is 35.4 Å². The highest BCUT2D eigenvalue weighted by atomic mass is 32.2. The van der Waals surface area contributed by atoms with Crippen molar-refractivity contribution in [1.29, 1.82) is 0 Å². The van der Waals surface area contributed by atoms with Crippen LogP contribution in [0.5, 0.6) is 5.06 Å². The zero-order valence-electron chi connectivity index (χ0n) is 21.2. The predicted octanol–water partition coefficient (Wildman–Crippen LogP) is 5.20. The molecule has 1 aliphatic carbocycles. The van der Waals surface area contributed by atoms with Gasteiger partial charge in [0.05, 0.1) is 22.9 Å². The number of thiophene rings is 1. The Labute approximate surface area is 228 Å². The molecule has 0 bridgehead atoms. The number of aromatic nitrogens is 2. The number of nitrogens with zero attached hydrogens (tertiary/aromatic N) is 3. The van der Waals surface area contributed by atoms with E-state index in [9.17, 15) is 21.6 Å². The molecular weight excluding hydrogens is 551 g/mol. The number of sulfone groups is 1. The molecule has 2 aliphatic heterocycles. The van der Waals surface area contributed by atoms with Crippen molar-refractivity contribution in [2.24, 2.45) is 0 Å². The maximum Gasteiger partial charge on any atom is 0.420 e. The Morgan fingerprint density at radius 3 is 2.79 bits per heavy atom. The third-order valence-corrected chi connectivity index (χ3v) is 10.1. The van der Waals surface area contributed by atoms with Crippen molar-refractivity contribution in [3.63, 3.8) is 0 Å². The summed E-state index contributed by atoms with van der Waals surface area (Å²) in [5.74, 6) is 0.263. The van der Waals surface area contributed by atoms with Crippen LogP contribution in [0, 0.1) is 0 Å². The maximum absolute atomic E-state index is 14.0. The Morgan fingerprint density at radius 1 is 1.23 bits per heavy atom. The second-order valence-electron chi connectivity index (χ2n) is 10.2. The van der Waals surface area contributed by atoms with E-state index in [1.165, 1.54) is 6.07 Å². The number of ether oxygens (including phenoxy) is 1. The monoisotopic (exact) mass is 579 g/mol. The first-order valence-electron chi connectivity index (χ1n) is 12.9. The number of hydrogen-bond acceptors (Lipinski definition) is 9. The molecule has 0 spiro atoms. The molecule has 208 valence electrons. The lowest BCUT2D eigenvalue weighted by atomic mass is 10.1. The minimum atomic E-state index is -4.73. The molecule has 2 aromatic heterocycles. The van der Waals surface area contributed by atoms with Gasteiger partial charge in [0.15, 0.2) is 14.9 Å². The Balaban J connectivity index is 1.36. The van der Waals surface area contributed by atoms with Gasteiger partial charge in [0, 0.05) is 43.2 Å². The average Bonchev–Trinajstić information content (AvgIpc) is 3.66. The second-order valence-corrected chi connectivity index (χ2v) is 13.3. The summed E-state index contributed by atoms with van der Waals surface area (Å²) < 4.78 is 72.7. The average molecular weight is 580 g/mol. The summed E-state index contributed by atoms with van der Waals surface area (Å²) in [5, 5.41) is 6.68. The molecular formula is C26H28F3N5O3S2. The lowest BCUT2D eigenvalue weighted by molar-refractivity contribution is -0.137. The van der Waals surface area contributed by atoms with E-state index >= 15 is 0 Å². The molecule has 6 rings (SSSR count). The van der Waals surface area contributed by atoms with E-state index in [1.54, 1.807) is 0 Å². The third kappa shape index (κ3) is 5.44. The standard InChI is InChI=1S/C26H28F3N5O3S2/c1-15-14-34(8-7-30-15)17-5-6-20(18(11-17)16-3-4-16)32-25-31-13-19(26(27,28)29)23(33-25)21-12-22-24(38-21)37-9-2-10-39(22,35)36/h5-6,11-13,15-16,30H,2-4,7-10,14H2,1H3,(H,31,32,33). The molecule has 0 amide bonds. The molecule has 39 heavy (non-hydrogen) atoms. The smallest absolute Gasteiger partial charge is 0.420 e. The fourth-order valence-electron chi connectivity index (χ4n) is 5.03. The number of rotatable bonds is 5. The number of nitrogens with one attached hydrogen (secondary N) is 2. The molecule has 1 aromatic carbocycles. The summed E-state index contributed by atoms with van der Waals surface area (Å²) in [6.07, 6.45) is -1.56. The second kappa shape index (κ2) is 9.93. The first kappa shape index (κ1) is 26.3. The van der Waals surface area contributed by atoms with Gasteiger partial charge < -0.3 is 20.3 Å². The molecule has 2 N–H and O–H groups in total. The van der Waals surface area contributed by atoms with Crippen LogP contribution in [0.2, 0.25) is 0 Å². The van der Waals surface area contributed by atoms with E-state index in [0.717, 1.165) is 66.9 Å². The Bertz CT molecular complexity index is 1500. The van der Waals surface area contributed by atoms with E-state index in [4.69, 9.17) is 4.74 Å². The van der Waals surface area contributed by atoms with Gasteiger partial charge >= 0.3 is 6.18 Å². The van der Waals surface area contributed by atoms with Crippen molar-refractivity contribution >= 4 is 38.5 Å². The van der Waals surface area contributed by atoms with Gasteiger partial charge in [-0.3, -0.25) is 0 Å². The van der Waals surface area contributed by atoms with Crippen molar-refractivity contribution < 1.29 is 26.3 Å². The first-order valence-corrected chi connectivity index (χ1v) is 15.4. The summed E-state index contributed by atoms with van der Waals surface area (Å²) in [7, 11) is -3.66. The van der Waals surface area contributed by atoms with E-state index in [2.05, 4.69) is 38.5 Å². The molecule has 0 radical (unpaired) electrons. The van der Waals surface area contributed by atoms with Gasteiger partial charge in [0.2, 0.25) is 5.95 Å². The van der Waals surface area contributed by atoms with Crippen LogP contribution >= 0.6 is 11.3 Å². The number of anilines is 3. The molecule has 13 heteroatoms. The maximum atomic E-state index is 14.0. The largest absolute Gasteiger partial charge is 0.483 e. The Kier molecular flexibility index (Phi) is 6.71. The van der Waals surface area contributed by atoms with Crippen LogP contribution in [-0.2, 0) is 16.0 Å². The van der Waals surface area contributed by atoms with Gasteiger partial charge in [-0.15, -0.1) is 0 Å². The van der Waals surface area contributed by atoms with Gasteiger partial charge in [-0.2, -0.15) is 13.2 Å². The Hall–Kier alpha value is -2.90. The summed E-state index contributed by atoms with van der Waals surface area (Å²) in [5.41, 5.74) is 1.55. The zero-order valence-corrected chi connectivity index (χ0v) is 22.8. The molecule has 3 aromatic rings. The van der Waals surface area contributed by atoms with Crippen molar-refractivity contribution in [1.82, 2.24) is 15.3 Å². The van der Waals surface area contributed by atoms with Crippen molar-refractivity contribution in [3.8, 4) is 15.6 Å². The fraction of sp³-hybridized carbons (Fsp3) is 0.462. The molecule has 1 saturated heterocycles. The number of halogens is 3. The van der Waals surface area contributed by atoms with Gasteiger partial charge in [-0.1, -0.05) is 11.3 Å². The number of fused-ring (bicyclic) bond motifs is 1. The highest BCUT2D eigenvalue weighted by Gasteiger charge is 2.37. The quantitative estimate of drug-likeness (QED) is 0.426.